The van der Waals surface area contributed by atoms with Gasteiger partial charge in [0.2, 0.25) is 0 Å². The molecule has 0 unspecified atom stereocenters. The van der Waals surface area contributed by atoms with E-state index >= 15 is 0 Å². The molecule has 2 aliphatic rings. The van der Waals surface area contributed by atoms with E-state index in [-0.39, 0.29) is 0 Å². The fourth-order valence-corrected chi connectivity index (χ4v) is 8.04. The Bertz CT molecular complexity index is 1130. The monoisotopic (exact) mass is 521 g/mol. The lowest BCUT2D eigenvalue weighted by Gasteiger charge is -2.36. The number of hydrogen-bond donors (Lipinski definition) is 1. The van der Waals surface area contributed by atoms with Crippen LogP contribution < -0.4 is 5.73 Å². The lowest BCUT2D eigenvalue weighted by atomic mass is 9.78. The van der Waals surface area contributed by atoms with E-state index in [0.717, 1.165) is 28.8 Å². The summed E-state index contributed by atoms with van der Waals surface area (Å²) in [6.07, 6.45) is 11.6. The molecule has 36 heavy (non-hydrogen) atoms. The first-order chi connectivity index (χ1) is 17.6. The molecule has 0 radical (unpaired) electrons. The lowest BCUT2D eigenvalue weighted by Crippen LogP contribution is -2.41. The van der Waals surface area contributed by atoms with Crippen LogP contribution in [0, 0.1) is 11.8 Å². The predicted molar refractivity (Wildman–Crippen MR) is 153 cm³/mol. The van der Waals surface area contributed by atoms with E-state index in [1.54, 1.807) is 22.7 Å². The van der Waals surface area contributed by atoms with Crippen LogP contribution in [0.15, 0.2) is 42.5 Å². The topological polar surface area (TPSA) is 59.2 Å². The molecule has 1 saturated carbocycles. The van der Waals surface area contributed by atoms with Crippen LogP contribution in [0.1, 0.15) is 78.5 Å². The number of Topliss-reactive ketones (excluding diaryl/α,β-unsaturated/α-hetero) is 1. The number of fused-ring (bicyclic) bond motifs is 1. The van der Waals surface area contributed by atoms with Gasteiger partial charge in [-0.05, 0) is 87.6 Å². The van der Waals surface area contributed by atoms with E-state index in [1.165, 1.54) is 79.0 Å². The number of thiophene rings is 1. The van der Waals surface area contributed by atoms with E-state index in [9.17, 15) is 4.79 Å². The SMILES string of the molecule is CCCN(CCC1CCC(CC(=O)c2ccc(-c3ccccc3)s2)CC1)[C@H]1CCc2nc(N)sc2C1. The Morgan fingerprint density at radius 2 is 1.78 bits per heavy atom. The van der Waals surface area contributed by atoms with Gasteiger partial charge in [-0.15, -0.1) is 22.7 Å². The summed E-state index contributed by atoms with van der Waals surface area (Å²) in [7, 11) is 0. The van der Waals surface area contributed by atoms with Crippen LogP contribution in [0.25, 0.3) is 10.4 Å². The lowest BCUT2D eigenvalue weighted by molar-refractivity contribution is 0.0941. The largest absolute Gasteiger partial charge is 0.375 e. The summed E-state index contributed by atoms with van der Waals surface area (Å²) in [4.78, 5) is 23.8. The number of thiazole rings is 1. The number of anilines is 1. The van der Waals surface area contributed by atoms with Crippen molar-refractivity contribution in [3.63, 3.8) is 0 Å². The molecule has 3 aromatic rings. The van der Waals surface area contributed by atoms with Crippen LogP contribution >= 0.6 is 22.7 Å². The van der Waals surface area contributed by atoms with Gasteiger partial charge in [-0.1, -0.05) is 50.1 Å². The second kappa shape index (κ2) is 12.0. The third-order valence-corrected chi connectivity index (χ3v) is 10.3. The summed E-state index contributed by atoms with van der Waals surface area (Å²) in [5.41, 5.74) is 8.41. The summed E-state index contributed by atoms with van der Waals surface area (Å²) in [6, 6.07) is 15.1. The number of rotatable bonds is 10. The Morgan fingerprint density at radius 1 is 1.00 bits per heavy atom. The first-order valence-corrected chi connectivity index (χ1v) is 15.4. The number of nitrogens with two attached hydrogens (primary N) is 1. The van der Waals surface area contributed by atoms with Crippen molar-refractivity contribution in [2.75, 3.05) is 18.8 Å². The number of nitrogen functional groups attached to an aromatic ring is 1. The molecule has 0 saturated heterocycles. The van der Waals surface area contributed by atoms with Gasteiger partial charge in [-0.25, -0.2) is 4.98 Å². The highest BCUT2D eigenvalue weighted by Gasteiger charge is 2.28. The number of carbonyl (C=O) groups excluding carboxylic acids is 1. The maximum absolute atomic E-state index is 13.0. The molecule has 1 aromatic carbocycles. The molecule has 2 N–H and O–H groups in total. The van der Waals surface area contributed by atoms with Gasteiger partial charge in [0.05, 0.1) is 10.6 Å². The predicted octanol–water partition coefficient (Wildman–Crippen LogP) is 7.49. The number of benzene rings is 1. The van der Waals surface area contributed by atoms with Gasteiger partial charge in [0, 0.05) is 22.2 Å². The first-order valence-electron chi connectivity index (χ1n) is 13.8. The van der Waals surface area contributed by atoms with Crippen molar-refractivity contribution in [3.8, 4) is 10.4 Å². The van der Waals surface area contributed by atoms with Crippen molar-refractivity contribution >= 4 is 33.6 Å². The first kappa shape index (κ1) is 25.6. The Morgan fingerprint density at radius 3 is 2.56 bits per heavy atom. The molecular formula is C30H39N3OS2. The minimum absolute atomic E-state index is 0.333. The van der Waals surface area contributed by atoms with Crippen molar-refractivity contribution in [2.45, 2.75) is 77.2 Å². The number of carbonyl (C=O) groups is 1. The summed E-state index contributed by atoms with van der Waals surface area (Å²) in [5, 5.41) is 0.730. The summed E-state index contributed by atoms with van der Waals surface area (Å²) < 4.78 is 0. The maximum Gasteiger partial charge on any atom is 0.180 e. The van der Waals surface area contributed by atoms with Crippen molar-refractivity contribution < 1.29 is 4.79 Å². The quantitative estimate of drug-likeness (QED) is 0.281. The highest BCUT2D eigenvalue weighted by Crippen LogP contribution is 2.36. The molecule has 2 aromatic heterocycles. The number of nitrogens with zero attached hydrogens (tertiary/aromatic N) is 2. The van der Waals surface area contributed by atoms with E-state index in [4.69, 9.17) is 5.73 Å². The summed E-state index contributed by atoms with van der Waals surface area (Å²) >= 11 is 3.34. The Kier molecular flexibility index (Phi) is 8.55. The minimum atomic E-state index is 0.333. The fourth-order valence-electron chi connectivity index (χ4n) is 6.13. The van der Waals surface area contributed by atoms with Crippen molar-refractivity contribution in [3.05, 3.63) is 57.9 Å². The zero-order chi connectivity index (χ0) is 24.9. The fraction of sp³-hybridized carbons (Fsp3) is 0.533. The molecular weight excluding hydrogens is 482 g/mol. The summed E-state index contributed by atoms with van der Waals surface area (Å²) in [5.74, 6) is 1.69. The highest BCUT2D eigenvalue weighted by molar-refractivity contribution is 7.17. The number of ketones is 1. The molecule has 6 heteroatoms. The standard InChI is InChI=1S/C30H39N3OS2/c1-2-17-33(24-12-13-25-29(20-24)36-30(31)32-25)18-16-21-8-10-22(11-9-21)19-26(34)28-15-14-27(35-28)23-6-4-3-5-7-23/h3-7,14-15,21-22,24H,2,8-13,16-20H2,1H3,(H2,31,32)/t21?,22?,24-/m0/s1. The molecule has 0 amide bonds. The zero-order valence-electron chi connectivity index (χ0n) is 21.5. The third kappa shape index (κ3) is 6.27. The number of hydrogen-bond acceptors (Lipinski definition) is 6. The summed E-state index contributed by atoms with van der Waals surface area (Å²) in [6.45, 7) is 4.68. The van der Waals surface area contributed by atoms with Gasteiger partial charge in [-0.3, -0.25) is 4.79 Å². The van der Waals surface area contributed by atoms with Crippen LogP contribution in [0.4, 0.5) is 5.13 Å². The van der Waals surface area contributed by atoms with E-state index in [2.05, 4.69) is 47.1 Å². The maximum atomic E-state index is 13.0. The van der Waals surface area contributed by atoms with Crippen molar-refractivity contribution in [1.82, 2.24) is 9.88 Å². The normalized spacial score (nSPS) is 22.0. The minimum Gasteiger partial charge on any atom is -0.375 e. The zero-order valence-corrected chi connectivity index (χ0v) is 23.1. The van der Waals surface area contributed by atoms with Crippen molar-refractivity contribution in [1.29, 1.82) is 0 Å². The Hall–Kier alpha value is -2.02. The molecule has 2 aliphatic carbocycles. The van der Waals surface area contributed by atoms with Crippen LogP contribution in [-0.4, -0.2) is 34.8 Å². The second-order valence-corrected chi connectivity index (χ2v) is 12.9. The smallest absolute Gasteiger partial charge is 0.180 e. The molecule has 0 aliphatic heterocycles. The molecule has 4 nitrogen and oxygen atoms in total. The van der Waals surface area contributed by atoms with Crippen LogP contribution in [0.5, 0.6) is 0 Å². The van der Waals surface area contributed by atoms with E-state index in [1.807, 2.05) is 12.1 Å². The average molecular weight is 522 g/mol. The van der Waals surface area contributed by atoms with Gasteiger partial charge in [0.1, 0.15) is 0 Å². The van der Waals surface area contributed by atoms with Crippen LogP contribution in [0.2, 0.25) is 0 Å². The van der Waals surface area contributed by atoms with E-state index in [0.29, 0.717) is 24.2 Å². The van der Waals surface area contributed by atoms with Gasteiger partial charge >= 0.3 is 0 Å². The molecule has 0 spiro atoms. The Labute approximate surface area is 223 Å². The molecule has 2 heterocycles. The van der Waals surface area contributed by atoms with Gasteiger partial charge in [-0.2, -0.15) is 0 Å². The molecule has 5 rings (SSSR count). The van der Waals surface area contributed by atoms with Gasteiger partial charge in [0.15, 0.2) is 10.9 Å². The van der Waals surface area contributed by atoms with Crippen molar-refractivity contribution in [2.24, 2.45) is 11.8 Å². The van der Waals surface area contributed by atoms with Crippen LogP contribution in [0.3, 0.4) is 0 Å². The van der Waals surface area contributed by atoms with Gasteiger partial charge in [0.25, 0.3) is 0 Å². The third-order valence-electron chi connectivity index (χ3n) is 8.16. The highest BCUT2D eigenvalue weighted by atomic mass is 32.1. The molecule has 1 atom stereocenters. The second-order valence-electron chi connectivity index (χ2n) is 10.7. The average Bonchev–Trinajstić information content (AvgIpc) is 3.54. The van der Waals surface area contributed by atoms with E-state index < -0.39 is 0 Å². The Balaban J connectivity index is 1.07. The number of aromatic nitrogens is 1. The van der Waals surface area contributed by atoms with Crippen LogP contribution in [-0.2, 0) is 12.8 Å². The molecule has 0 bridgehead atoms. The molecule has 192 valence electrons. The number of aryl methyl sites for hydroxylation is 1. The molecule has 1 fully saturated rings. The van der Waals surface area contributed by atoms with Gasteiger partial charge < -0.3 is 10.6 Å².